The van der Waals surface area contributed by atoms with Crippen molar-refractivity contribution in [3.8, 4) is 6.07 Å². The average Bonchev–Trinajstić information content (AvgIpc) is 2.69. The number of hydrogen-bond donors (Lipinski definition) is 0. The lowest BCUT2D eigenvalue weighted by molar-refractivity contribution is -0.136. The first kappa shape index (κ1) is 17.9. The molecule has 1 aliphatic heterocycles. The van der Waals surface area contributed by atoms with Crippen LogP contribution in [0.2, 0.25) is 0 Å². The Balaban J connectivity index is 1.66. The number of hydrogen-bond acceptors (Lipinski definition) is 5. The highest BCUT2D eigenvalue weighted by molar-refractivity contribution is 5.83. The second kappa shape index (κ2) is 7.98. The van der Waals surface area contributed by atoms with Gasteiger partial charge in [-0.25, -0.2) is 4.98 Å². The van der Waals surface area contributed by atoms with Crippen molar-refractivity contribution in [2.45, 2.75) is 6.04 Å². The summed E-state index contributed by atoms with van der Waals surface area (Å²) < 4.78 is 0. The number of piperazine rings is 1. The Kier molecular flexibility index (Phi) is 5.49. The van der Waals surface area contributed by atoms with Crippen molar-refractivity contribution in [1.29, 1.82) is 5.26 Å². The summed E-state index contributed by atoms with van der Waals surface area (Å²) >= 11 is 0. The number of rotatable bonds is 4. The molecule has 2 heterocycles. The number of aromatic nitrogens is 1. The summed E-state index contributed by atoms with van der Waals surface area (Å²) in [7, 11) is 3.87. The van der Waals surface area contributed by atoms with Gasteiger partial charge in [-0.3, -0.25) is 9.69 Å². The molecule has 0 saturated carbocycles. The number of carbonyl (C=O) groups is 1. The fourth-order valence-corrected chi connectivity index (χ4v) is 3.27. The van der Waals surface area contributed by atoms with Crippen LogP contribution in [0.4, 0.5) is 5.82 Å². The molecule has 6 nitrogen and oxygen atoms in total. The molecule has 0 aliphatic carbocycles. The Labute approximate surface area is 154 Å². The largest absolute Gasteiger partial charge is 0.353 e. The summed E-state index contributed by atoms with van der Waals surface area (Å²) in [4.78, 5) is 23.5. The third-order valence-electron chi connectivity index (χ3n) is 4.66. The lowest BCUT2D eigenvalue weighted by Gasteiger charge is -2.38. The van der Waals surface area contributed by atoms with E-state index in [-0.39, 0.29) is 11.9 Å². The molecule has 1 fully saturated rings. The monoisotopic (exact) mass is 349 g/mol. The molecule has 1 atom stereocenters. The zero-order valence-corrected chi connectivity index (χ0v) is 15.2. The van der Waals surface area contributed by atoms with E-state index in [9.17, 15) is 4.79 Å². The number of amides is 1. The molecular weight excluding hydrogens is 326 g/mol. The molecule has 3 rings (SSSR count). The molecular formula is C20H23N5O. The number of nitriles is 1. The first-order valence-corrected chi connectivity index (χ1v) is 8.71. The molecule has 134 valence electrons. The van der Waals surface area contributed by atoms with Crippen molar-refractivity contribution in [2.24, 2.45) is 0 Å². The maximum atomic E-state index is 13.1. The van der Waals surface area contributed by atoms with Gasteiger partial charge in [0.15, 0.2) is 0 Å². The lowest BCUT2D eigenvalue weighted by Crippen LogP contribution is -2.51. The SMILES string of the molecule is CN(C)[C@@H](C(=O)N1CCN(c2ccc(C#N)cn2)CC1)c1ccccc1. The van der Waals surface area contributed by atoms with Crippen LogP contribution >= 0.6 is 0 Å². The highest BCUT2D eigenvalue weighted by atomic mass is 16.2. The number of carbonyl (C=O) groups excluding carboxylic acids is 1. The van der Waals surface area contributed by atoms with E-state index in [4.69, 9.17) is 5.26 Å². The molecule has 1 aromatic heterocycles. The highest BCUT2D eigenvalue weighted by Crippen LogP contribution is 2.22. The summed E-state index contributed by atoms with van der Waals surface area (Å²) in [6, 6.07) is 15.3. The number of nitrogens with zero attached hydrogens (tertiary/aromatic N) is 5. The Hall–Kier alpha value is -2.91. The molecule has 1 aromatic carbocycles. The van der Waals surface area contributed by atoms with Crippen LogP contribution in [0.1, 0.15) is 17.2 Å². The van der Waals surface area contributed by atoms with Gasteiger partial charge in [-0.05, 0) is 31.8 Å². The molecule has 6 heteroatoms. The highest BCUT2D eigenvalue weighted by Gasteiger charge is 2.30. The lowest BCUT2D eigenvalue weighted by atomic mass is 10.0. The maximum absolute atomic E-state index is 13.1. The summed E-state index contributed by atoms with van der Waals surface area (Å²) in [5, 5.41) is 8.87. The van der Waals surface area contributed by atoms with E-state index in [2.05, 4.69) is 16.0 Å². The van der Waals surface area contributed by atoms with Crippen LogP contribution in [0.5, 0.6) is 0 Å². The Morgan fingerprint density at radius 1 is 1.12 bits per heavy atom. The van der Waals surface area contributed by atoms with Gasteiger partial charge < -0.3 is 9.80 Å². The summed E-state index contributed by atoms with van der Waals surface area (Å²) in [5.74, 6) is 0.983. The van der Waals surface area contributed by atoms with Crippen LogP contribution in [0.15, 0.2) is 48.7 Å². The molecule has 0 unspecified atom stereocenters. The fourth-order valence-electron chi connectivity index (χ4n) is 3.27. The molecule has 0 radical (unpaired) electrons. The predicted molar refractivity (Wildman–Crippen MR) is 101 cm³/mol. The van der Waals surface area contributed by atoms with Crippen molar-refractivity contribution in [3.05, 3.63) is 59.8 Å². The minimum absolute atomic E-state index is 0.133. The van der Waals surface area contributed by atoms with E-state index in [1.54, 1.807) is 12.3 Å². The minimum atomic E-state index is -0.268. The Morgan fingerprint density at radius 2 is 1.81 bits per heavy atom. The molecule has 0 bridgehead atoms. The molecule has 1 saturated heterocycles. The Morgan fingerprint density at radius 3 is 2.35 bits per heavy atom. The van der Waals surface area contributed by atoms with E-state index < -0.39 is 0 Å². The van der Waals surface area contributed by atoms with Gasteiger partial charge in [0.05, 0.1) is 5.56 Å². The third kappa shape index (κ3) is 3.84. The van der Waals surface area contributed by atoms with Gasteiger partial charge in [0, 0.05) is 32.4 Å². The molecule has 0 N–H and O–H groups in total. The van der Waals surface area contributed by atoms with Crippen molar-refractivity contribution in [1.82, 2.24) is 14.8 Å². The van der Waals surface area contributed by atoms with Crippen molar-refractivity contribution < 1.29 is 4.79 Å². The average molecular weight is 349 g/mol. The fraction of sp³-hybridized carbons (Fsp3) is 0.350. The van der Waals surface area contributed by atoms with Crippen LogP contribution in [0.3, 0.4) is 0 Å². The van der Waals surface area contributed by atoms with Gasteiger partial charge >= 0.3 is 0 Å². The summed E-state index contributed by atoms with van der Waals surface area (Å²) in [5.41, 5.74) is 1.57. The topological polar surface area (TPSA) is 63.5 Å². The first-order chi connectivity index (χ1) is 12.6. The molecule has 2 aromatic rings. The van der Waals surface area contributed by atoms with E-state index >= 15 is 0 Å². The molecule has 1 aliphatic rings. The van der Waals surface area contributed by atoms with Gasteiger partial charge in [0.2, 0.25) is 5.91 Å². The van der Waals surface area contributed by atoms with E-state index in [0.717, 1.165) is 24.5 Å². The molecule has 26 heavy (non-hydrogen) atoms. The van der Waals surface area contributed by atoms with Crippen LogP contribution < -0.4 is 4.90 Å². The summed E-state index contributed by atoms with van der Waals surface area (Å²) in [6.45, 7) is 2.80. The summed E-state index contributed by atoms with van der Waals surface area (Å²) in [6.07, 6.45) is 1.59. The second-order valence-corrected chi connectivity index (χ2v) is 6.61. The zero-order chi connectivity index (χ0) is 18.5. The van der Waals surface area contributed by atoms with Crippen LogP contribution in [-0.4, -0.2) is 61.0 Å². The van der Waals surface area contributed by atoms with Crippen LogP contribution in [0, 0.1) is 11.3 Å². The Bertz CT molecular complexity index is 774. The quantitative estimate of drug-likeness (QED) is 0.844. The minimum Gasteiger partial charge on any atom is -0.353 e. The van der Waals surface area contributed by atoms with E-state index in [1.807, 2.05) is 60.3 Å². The number of pyridine rings is 1. The third-order valence-corrected chi connectivity index (χ3v) is 4.66. The van der Waals surface area contributed by atoms with E-state index in [1.165, 1.54) is 0 Å². The second-order valence-electron chi connectivity index (χ2n) is 6.61. The van der Waals surface area contributed by atoms with Gasteiger partial charge in [-0.1, -0.05) is 30.3 Å². The van der Waals surface area contributed by atoms with Crippen LogP contribution in [0.25, 0.3) is 0 Å². The zero-order valence-electron chi connectivity index (χ0n) is 15.2. The smallest absolute Gasteiger partial charge is 0.244 e. The predicted octanol–water partition coefficient (Wildman–Crippen LogP) is 1.90. The molecule has 0 spiro atoms. The number of likely N-dealkylation sites (N-methyl/N-ethyl adjacent to an activating group) is 1. The number of benzene rings is 1. The van der Waals surface area contributed by atoms with Crippen molar-refractivity contribution >= 4 is 11.7 Å². The van der Waals surface area contributed by atoms with Gasteiger partial charge in [0.1, 0.15) is 17.9 Å². The van der Waals surface area contributed by atoms with Crippen LogP contribution in [-0.2, 0) is 4.79 Å². The normalized spacial score (nSPS) is 15.6. The van der Waals surface area contributed by atoms with Crippen molar-refractivity contribution in [2.75, 3.05) is 45.2 Å². The maximum Gasteiger partial charge on any atom is 0.244 e. The van der Waals surface area contributed by atoms with Gasteiger partial charge in [-0.15, -0.1) is 0 Å². The van der Waals surface area contributed by atoms with Crippen molar-refractivity contribution in [3.63, 3.8) is 0 Å². The van der Waals surface area contributed by atoms with Gasteiger partial charge in [0.25, 0.3) is 0 Å². The van der Waals surface area contributed by atoms with E-state index in [0.29, 0.717) is 18.7 Å². The first-order valence-electron chi connectivity index (χ1n) is 8.71. The van der Waals surface area contributed by atoms with Gasteiger partial charge in [-0.2, -0.15) is 5.26 Å². The number of anilines is 1. The molecule has 1 amide bonds. The standard InChI is InChI=1S/C20H23N5O/c1-23(2)19(17-6-4-3-5-7-17)20(26)25-12-10-24(11-13-25)18-9-8-16(14-21)15-22-18/h3-9,15,19H,10-13H2,1-2H3/t19-/m1/s1.